The first-order chi connectivity index (χ1) is 9.63. The zero-order valence-electron chi connectivity index (χ0n) is 11.3. The van der Waals surface area contributed by atoms with Gasteiger partial charge in [-0.05, 0) is 18.6 Å². The first kappa shape index (κ1) is 16.5. The molecule has 0 amide bonds. The van der Waals surface area contributed by atoms with Gasteiger partial charge in [0.2, 0.25) is 0 Å². The van der Waals surface area contributed by atoms with Crippen molar-refractivity contribution in [1.29, 1.82) is 0 Å². The Kier molecular flexibility index (Phi) is 7.69. The van der Waals surface area contributed by atoms with Crippen molar-refractivity contribution in [2.75, 3.05) is 19.8 Å². The molecule has 0 saturated heterocycles. The predicted octanol–water partition coefficient (Wildman–Crippen LogP) is 2.61. The molecule has 0 bridgehead atoms. The number of halogens is 1. The standard InChI is InChI=1S/C14H17ClO5/c1-2-3-8-19-13(16)9-18-10-14(17)20-12-7-5-4-6-11(12)15/h4-7H,2-3,8-10H2,1H3. The second-order valence-electron chi connectivity index (χ2n) is 3.97. The Bertz CT molecular complexity index is 447. The fraction of sp³-hybridized carbons (Fsp3) is 0.429. The summed E-state index contributed by atoms with van der Waals surface area (Å²) < 4.78 is 14.7. The fourth-order valence-electron chi connectivity index (χ4n) is 1.27. The lowest BCUT2D eigenvalue weighted by Gasteiger charge is -2.07. The van der Waals surface area contributed by atoms with Crippen LogP contribution in [-0.2, 0) is 19.1 Å². The molecule has 0 unspecified atom stereocenters. The molecule has 0 aromatic heterocycles. The van der Waals surface area contributed by atoms with Crippen LogP contribution in [0.25, 0.3) is 0 Å². The number of ether oxygens (including phenoxy) is 3. The SMILES string of the molecule is CCCCOC(=O)COCC(=O)Oc1ccccc1Cl. The molecule has 0 radical (unpaired) electrons. The molecule has 110 valence electrons. The third kappa shape index (κ3) is 6.54. The van der Waals surface area contributed by atoms with E-state index in [1.165, 1.54) is 0 Å². The van der Waals surface area contributed by atoms with E-state index in [-0.39, 0.29) is 19.0 Å². The zero-order chi connectivity index (χ0) is 14.8. The Morgan fingerprint density at radius 3 is 2.55 bits per heavy atom. The molecule has 1 aromatic rings. The molecule has 0 saturated carbocycles. The fourth-order valence-corrected chi connectivity index (χ4v) is 1.44. The van der Waals surface area contributed by atoms with Crippen molar-refractivity contribution in [2.24, 2.45) is 0 Å². The van der Waals surface area contributed by atoms with Crippen molar-refractivity contribution in [2.45, 2.75) is 19.8 Å². The maximum absolute atomic E-state index is 11.4. The van der Waals surface area contributed by atoms with Crippen molar-refractivity contribution >= 4 is 23.5 Å². The van der Waals surface area contributed by atoms with E-state index >= 15 is 0 Å². The van der Waals surface area contributed by atoms with Crippen LogP contribution < -0.4 is 4.74 Å². The number of hydrogen-bond acceptors (Lipinski definition) is 5. The number of carbonyl (C=O) groups excluding carboxylic acids is 2. The maximum atomic E-state index is 11.4. The number of hydrogen-bond donors (Lipinski definition) is 0. The number of unbranched alkanes of at least 4 members (excludes halogenated alkanes) is 1. The molecule has 0 aliphatic rings. The first-order valence-electron chi connectivity index (χ1n) is 6.32. The second kappa shape index (κ2) is 9.34. The lowest BCUT2D eigenvalue weighted by atomic mass is 10.3. The Morgan fingerprint density at radius 2 is 1.85 bits per heavy atom. The topological polar surface area (TPSA) is 61.8 Å². The summed E-state index contributed by atoms with van der Waals surface area (Å²) in [5, 5.41) is 0.333. The van der Waals surface area contributed by atoms with E-state index in [1.807, 2.05) is 6.92 Å². The van der Waals surface area contributed by atoms with Crippen LogP contribution in [0.5, 0.6) is 5.75 Å². The highest BCUT2D eigenvalue weighted by Gasteiger charge is 2.10. The summed E-state index contributed by atoms with van der Waals surface area (Å²) in [6, 6.07) is 6.60. The van der Waals surface area contributed by atoms with E-state index in [1.54, 1.807) is 24.3 Å². The number of rotatable bonds is 8. The maximum Gasteiger partial charge on any atom is 0.337 e. The van der Waals surface area contributed by atoms with Gasteiger partial charge in [-0.3, -0.25) is 0 Å². The largest absolute Gasteiger partial charge is 0.464 e. The van der Waals surface area contributed by atoms with Gasteiger partial charge in [-0.2, -0.15) is 0 Å². The molecule has 0 atom stereocenters. The third-order valence-corrected chi connectivity index (χ3v) is 2.57. The van der Waals surface area contributed by atoms with E-state index < -0.39 is 11.9 Å². The average molecular weight is 301 g/mol. The van der Waals surface area contributed by atoms with Crippen LogP contribution in [0.3, 0.4) is 0 Å². The lowest BCUT2D eigenvalue weighted by Crippen LogP contribution is -2.20. The molecular weight excluding hydrogens is 284 g/mol. The number of carbonyl (C=O) groups is 2. The summed E-state index contributed by atoms with van der Waals surface area (Å²) in [7, 11) is 0. The van der Waals surface area contributed by atoms with E-state index in [0.717, 1.165) is 12.8 Å². The van der Waals surface area contributed by atoms with Gasteiger partial charge in [0.25, 0.3) is 0 Å². The Morgan fingerprint density at radius 1 is 1.15 bits per heavy atom. The normalized spacial score (nSPS) is 10.1. The van der Waals surface area contributed by atoms with Gasteiger partial charge in [-0.15, -0.1) is 0 Å². The molecule has 0 spiro atoms. The lowest BCUT2D eigenvalue weighted by molar-refractivity contribution is -0.152. The molecule has 0 fully saturated rings. The molecule has 0 N–H and O–H groups in total. The van der Waals surface area contributed by atoms with Crippen molar-refractivity contribution in [3.8, 4) is 5.75 Å². The minimum absolute atomic E-state index is 0.258. The average Bonchev–Trinajstić information content (AvgIpc) is 2.42. The molecule has 5 nitrogen and oxygen atoms in total. The van der Waals surface area contributed by atoms with Crippen LogP contribution in [0, 0.1) is 0 Å². The van der Waals surface area contributed by atoms with E-state index in [0.29, 0.717) is 11.6 Å². The monoisotopic (exact) mass is 300 g/mol. The van der Waals surface area contributed by atoms with Crippen LogP contribution in [0.2, 0.25) is 5.02 Å². The summed E-state index contributed by atoms with van der Waals surface area (Å²) in [5.74, 6) is -0.864. The number of para-hydroxylation sites is 1. The third-order valence-electron chi connectivity index (χ3n) is 2.26. The molecule has 1 aromatic carbocycles. The van der Waals surface area contributed by atoms with Gasteiger partial charge < -0.3 is 14.2 Å². The molecule has 20 heavy (non-hydrogen) atoms. The Balaban J connectivity index is 2.20. The summed E-state index contributed by atoms with van der Waals surface area (Å²) in [4.78, 5) is 22.6. The minimum atomic E-state index is -0.626. The van der Waals surface area contributed by atoms with Crippen molar-refractivity contribution in [1.82, 2.24) is 0 Å². The summed E-state index contributed by atoms with van der Waals surface area (Å²) in [6.07, 6.45) is 1.75. The molecule has 6 heteroatoms. The highest BCUT2D eigenvalue weighted by molar-refractivity contribution is 6.32. The van der Waals surface area contributed by atoms with Crippen molar-refractivity contribution in [3.05, 3.63) is 29.3 Å². The van der Waals surface area contributed by atoms with Crippen LogP contribution >= 0.6 is 11.6 Å². The summed E-state index contributed by atoms with van der Waals surface area (Å²) in [5.41, 5.74) is 0. The molecule has 0 aliphatic heterocycles. The highest BCUT2D eigenvalue weighted by atomic mass is 35.5. The van der Waals surface area contributed by atoms with Gasteiger partial charge in [0.1, 0.15) is 19.0 Å². The zero-order valence-corrected chi connectivity index (χ0v) is 12.0. The van der Waals surface area contributed by atoms with E-state index in [2.05, 4.69) is 0 Å². The van der Waals surface area contributed by atoms with Crippen LogP contribution in [0.15, 0.2) is 24.3 Å². The second-order valence-corrected chi connectivity index (χ2v) is 4.38. The van der Waals surface area contributed by atoms with E-state index in [4.69, 9.17) is 25.8 Å². The van der Waals surface area contributed by atoms with Crippen molar-refractivity contribution in [3.63, 3.8) is 0 Å². The molecular formula is C14H17ClO5. The summed E-state index contributed by atoms with van der Waals surface area (Å²) in [6.45, 7) is 1.74. The smallest absolute Gasteiger partial charge is 0.337 e. The van der Waals surface area contributed by atoms with Crippen LogP contribution in [-0.4, -0.2) is 31.8 Å². The number of benzene rings is 1. The van der Waals surface area contributed by atoms with Crippen molar-refractivity contribution < 1.29 is 23.8 Å². The van der Waals surface area contributed by atoms with Gasteiger partial charge in [-0.1, -0.05) is 37.1 Å². The molecule has 0 aliphatic carbocycles. The van der Waals surface area contributed by atoms with Gasteiger partial charge in [-0.25, -0.2) is 9.59 Å². The highest BCUT2D eigenvalue weighted by Crippen LogP contribution is 2.23. The number of esters is 2. The van der Waals surface area contributed by atoms with Crippen LogP contribution in [0.1, 0.15) is 19.8 Å². The van der Waals surface area contributed by atoms with Gasteiger partial charge in [0.15, 0.2) is 0 Å². The Hall–Kier alpha value is -1.59. The first-order valence-corrected chi connectivity index (χ1v) is 6.70. The van der Waals surface area contributed by atoms with Gasteiger partial charge in [0, 0.05) is 0 Å². The van der Waals surface area contributed by atoms with Gasteiger partial charge in [0.05, 0.1) is 11.6 Å². The minimum Gasteiger partial charge on any atom is -0.464 e. The van der Waals surface area contributed by atoms with Crippen LogP contribution in [0.4, 0.5) is 0 Å². The van der Waals surface area contributed by atoms with Gasteiger partial charge >= 0.3 is 11.9 Å². The van der Waals surface area contributed by atoms with E-state index in [9.17, 15) is 9.59 Å². The predicted molar refractivity (Wildman–Crippen MR) is 73.8 cm³/mol. The molecule has 1 rings (SSSR count). The quantitative estimate of drug-likeness (QED) is 0.419. The molecule has 0 heterocycles. The summed E-state index contributed by atoms with van der Waals surface area (Å²) >= 11 is 5.83. The Labute approximate surface area is 122 Å².